The number of carbonyl (C=O) groups excluding carboxylic acids is 1. The topological polar surface area (TPSA) is 41.1 Å². The maximum absolute atomic E-state index is 11.9. The normalized spacial score (nSPS) is 18.0. The Morgan fingerprint density at radius 3 is 2.90 bits per heavy atom. The molecule has 0 radical (unpaired) electrons. The second-order valence-corrected chi connectivity index (χ2v) is 5.74. The van der Waals surface area contributed by atoms with Crippen molar-refractivity contribution in [3.8, 4) is 0 Å². The Labute approximate surface area is 125 Å². The van der Waals surface area contributed by atoms with Crippen molar-refractivity contribution in [2.45, 2.75) is 31.7 Å². The lowest BCUT2D eigenvalue weighted by molar-refractivity contribution is -0.121. The molecule has 0 spiro atoms. The smallest absolute Gasteiger partial charge is 0.221 e. The molecule has 2 aromatic carbocycles. The molecule has 3 rings (SSSR count). The minimum Gasteiger partial charge on any atom is -0.356 e. The van der Waals surface area contributed by atoms with Crippen LogP contribution in [0.4, 0.5) is 0 Å². The van der Waals surface area contributed by atoms with E-state index in [-0.39, 0.29) is 5.91 Å². The first-order valence-electron chi connectivity index (χ1n) is 7.79. The zero-order valence-electron chi connectivity index (χ0n) is 12.3. The highest BCUT2D eigenvalue weighted by atomic mass is 16.1. The molecule has 1 fully saturated rings. The van der Waals surface area contributed by atoms with Crippen molar-refractivity contribution in [2.75, 3.05) is 13.1 Å². The summed E-state index contributed by atoms with van der Waals surface area (Å²) in [5.41, 5.74) is 1.30. The van der Waals surface area contributed by atoms with Gasteiger partial charge in [-0.3, -0.25) is 4.79 Å². The molecule has 1 amide bonds. The van der Waals surface area contributed by atoms with Crippen molar-refractivity contribution < 1.29 is 4.79 Å². The fourth-order valence-electron chi connectivity index (χ4n) is 3.07. The third kappa shape index (κ3) is 3.61. The molecule has 2 aromatic rings. The summed E-state index contributed by atoms with van der Waals surface area (Å²) in [4.78, 5) is 11.9. The summed E-state index contributed by atoms with van der Waals surface area (Å²) in [7, 11) is 0. The van der Waals surface area contributed by atoms with Gasteiger partial charge in [-0.2, -0.15) is 0 Å². The third-order valence-electron chi connectivity index (χ3n) is 4.19. The number of nitrogens with one attached hydrogen (secondary N) is 2. The minimum atomic E-state index is 0.162. The first kappa shape index (κ1) is 14.1. The fraction of sp³-hybridized carbons (Fsp3) is 0.389. The molecule has 3 heteroatoms. The van der Waals surface area contributed by atoms with Crippen LogP contribution in [-0.2, 0) is 11.2 Å². The average Bonchev–Trinajstić information content (AvgIpc) is 3.00. The summed E-state index contributed by atoms with van der Waals surface area (Å²) in [6.45, 7) is 1.76. The maximum atomic E-state index is 11.9. The van der Waals surface area contributed by atoms with E-state index in [1.165, 1.54) is 22.8 Å². The van der Waals surface area contributed by atoms with Gasteiger partial charge in [-0.25, -0.2) is 0 Å². The van der Waals surface area contributed by atoms with Gasteiger partial charge in [0.05, 0.1) is 0 Å². The molecule has 1 aliphatic heterocycles. The van der Waals surface area contributed by atoms with E-state index in [4.69, 9.17) is 0 Å². The van der Waals surface area contributed by atoms with E-state index in [0.717, 1.165) is 19.4 Å². The van der Waals surface area contributed by atoms with Crippen molar-refractivity contribution >= 4 is 16.7 Å². The van der Waals surface area contributed by atoms with Crippen molar-refractivity contribution in [2.24, 2.45) is 0 Å². The maximum Gasteiger partial charge on any atom is 0.221 e. The number of amides is 1. The zero-order valence-corrected chi connectivity index (χ0v) is 12.3. The van der Waals surface area contributed by atoms with Crippen LogP contribution in [0.3, 0.4) is 0 Å². The number of hydrogen-bond acceptors (Lipinski definition) is 2. The van der Waals surface area contributed by atoms with Gasteiger partial charge in [0.2, 0.25) is 5.91 Å². The van der Waals surface area contributed by atoms with Gasteiger partial charge in [-0.05, 0) is 42.1 Å². The highest BCUT2D eigenvalue weighted by molar-refractivity contribution is 5.85. The lowest BCUT2D eigenvalue weighted by Gasteiger charge is -2.11. The summed E-state index contributed by atoms with van der Waals surface area (Å²) >= 11 is 0. The van der Waals surface area contributed by atoms with Gasteiger partial charge in [0.15, 0.2) is 0 Å². The predicted octanol–water partition coefficient (Wildman–Crippen LogP) is 2.64. The highest BCUT2D eigenvalue weighted by Crippen LogP contribution is 2.18. The van der Waals surface area contributed by atoms with Gasteiger partial charge in [0.1, 0.15) is 0 Å². The monoisotopic (exact) mass is 282 g/mol. The van der Waals surface area contributed by atoms with E-state index >= 15 is 0 Å². The van der Waals surface area contributed by atoms with Crippen LogP contribution in [0.2, 0.25) is 0 Å². The first-order valence-corrected chi connectivity index (χ1v) is 7.79. The number of carbonyl (C=O) groups is 1. The lowest BCUT2D eigenvalue weighted by Crippen LogP contribution is -2.32. The summed E-state index contributed by atoms with van der Waals surface area (Å²) < 4.78 is 0. The quantitative estimate of drug-likeness (QED) is 0.885. The number of fused-ring (bicyclic) bond motifs is 1. The average molecular weight is 282 g/mol. The Kier molecular flexibility index (Phi) is 4.51. The number of hydrogen-bond donors (Lipinski definition) is 2. The summed E-state index contributed by atoms with van der Waals surface area (Å²) in [5, 5.41) is 8.95. The largest absolute Gasteiger partial charge is 0.356 e. The molecule has 1 saturated heterocycles. The molecule has 0 bridgehead atoms. The predicted molar refractivity (Wildman–Crippen MR) is 86.3 cm³/mol. The van der Waals surface area contributed by atoms with Gasteiger partial charge in [-0.15, -0.1) is 0 Å². The van der Waals surface area contributed by atoms with Crippen LogP contribution in [0.25, 0.3) is 10.8 Å². The van der Waals surface area contributed by atoms with Gasteiger partial charge in [-0.1, -0.05) is 42.5 Å². The standard InChI is InChI=1S/C18H22N2O/c21-18(13-16-8-4-11-19-16)20-12-10-15-7-3-6-14-5-1-2-9-17(14)15/h1-3,5-7,9,16,19H,4,8,10-13H2,(H,20,21). The molecule has 1 heterocycles. The molecule has 2 N–H and O–H groups in total. The second kappa shape index (κ2) is 6.72. The van der Waals surface area contributed by atoms with Gasteiger partial charge in [0, 0.05) is 19.0 Å². The van der Waals surface area contributed by atoms with E-state index in [0.29, 0.717) is 19.0 Å². The molecule has 21 heavy (non-hydrogen) atoms. The molecule has 3 nitrogen and oxygen atoms in total. The molecule has 1 unspecified atom stereocenters. The van der Waals surface area contributed by atoms with Gasteiger partial charge < -0.3 is 10.6 Å². The molecular formula is C18H22N2O. The van der Waals surface area contributed by atoms with Crippen LogP contribution >= 0.6 is 0 Å². The molecule has 110 valence electrons. The number of rotatable bonds is 5. The number of benzene rings is 2. The fourth-order valence-corrected chi connectivity index (χ4v) is 3.07. The van der Waals surface area contributed by atoms with Crippen LogP contribution in [0, 0.1) is 0 Å². The van der Waals surface area contributed by atoms with Crippen molar-refractivity contribution in [3.05, 3.63) is 48.0 Å². The molecule has 0 saturated carbocycles. The van der Waals surface area contributed by atoms with Crippen molar-refractivity contribution in [1.82, 2.24) is 10.6 Å². The van der Waals surface area contributed by atoms with E-state index in [1.807, 2.05) is 0 Å². The van der Waals surface area contributed by atoms with Crippen LogP contribution in [0.15, 0.2) is 42.5 Å². The Bertz CT molecular complexity index is 612. The SMILES string of the molecule is O=C(CC1CCCN1)NCCc1cccc2ccccc12. The van der Waals surface area contributed by atoms with Crippen molar-refractivity contribution in [3.63, 3.8) is 0 Å². The Morgan fingerprint density at radius 2 is 2.05 bits per heavy atom. The summed E-state index contributed by atoms with van der Waals surface area (Å²) in [6.07, 6.45) is 3.80. The molecule has 0 aliphatic carbocycles. The summed E-state index contributed by atoms with van der Waals surface area (Å²) in [6, 6.07) is 15.1. The van der Waals surface area contributed by atoms with E-state index in [1.54, 1.807) is 0 Å². The molecule has 1 aliphatic rings. The zero-order chi connectivity index (χ0) is 14.5. The second-order valence-electron chi connectivity index (χ2n) is 5.74. The van der Waals surface area contributed by atoms with E-state index in [2.05, 4.69) is 53.1 Å². The van der Waals surface area contributed by atoms with E-state index < -0.39 is 0 Å². The summed E-state index contributed by atoms with van der Waals surface area (Å²) in [5.74, 6) is 0.162. The van der Waals surface area contributed by atoms with Crippen molar-refractivity contribution in [1.29, 1.82) is 0 Å². The van der Waals surface area contributed by atoms with Crippen LogP contribution < -0.4 is 10.6 Å². The van der Waals surface area contributed by atoms with E-state index in [9.17, 15) is 4.79 Å². The molecule has 1 atom stereocenters. The minimum absolute atomic E-state index is 0.162. The van der Waals surface area contributed by atoms with Crippen LogP contribution in [-0.4, -0.2) is 25.0 Å². The van der Waals surface area contributed by atoms with Gasteiger partial charge in [0.25, 0.3) is 0 Å². The first-order chi connectivity index (χ1) is 10.3. The van der Waals surface area contributed by atoms with Crippen LogP contribution in [0.5, 0.6) is 0 Å². The van der Waals surface area contributed by atoms with Crippen LogP contribution in [0.1, 0.15) is 24.8 Å². The Hall–Kier alpha value is -1.87. The lowest BCUT2D eigenvalue weighted by atomic mass is 10.0. The third-order valence-corrected chi connectivity index (χ3v) is 4.19. The Morgan fingerprint density at radius 1 is 1.19 bits per heavy atom. The molecular weight excluding hydrogens is 260 g/mol. The molecule has 0 aromatic heterocycles. The van der Waals surface area contributed by atoms with Gasteiger partial charge >= 0.3 is 0 Å². The highest BCUT2D eigenvalue weighted by Gasteiger charge is 2.17. The Balaban J connectivity index is 1.53.